The number of hydrogen-bond donors (Lipinski definition) is 1. The fourth-order valence-corrected chi connectivity index (χ4v) is 3.75. The van der Waals surface area contributed by atoms with Gasteiger partial charge in [0.25, 0.3) is 0 Å². The van der Waals surface area contributed by atoms with E-state index in [4.69, 9.17) is 0 Å². The second-order valence-corrected chi connectivity index (χ2v) is 6.18. The van der Waals surface area contributed by atoms with E-state index in [2.05, 4.69) is 0 Å². The lowest BCUT2D eigenvalue weighted by molar-refractivity contribution is -0.152. The molecule has 4 nitrogen and oxygen atoms in total. The van der Waals surface area contributed by atoms with E-state index in [1.165, 1.54) is 5.56 Å². The van der Waals surface area contributed by atoms with Crippen LogP contribution in [0.1, 0.15) is 34.2 Å². The van der Waals surface area contributed by atoms with Gasteiger partial charge in [-0.25, -0.2) is 4.79 Å². The van der Waals surface area contributed by atoms with E-state index in [-0.39, 0.29) is 11.8 Å². The van der Waals surface area contributed by atoms with Gasteiger partial charge in [-0.3, -0.25) is 4.79 Å². The van der Waals surface area contributed by atoms with Crippen molar-refractivity contribution in [2.45, 2.75) is 24.8 Å². The van der Waals surface area contributed by atoms with E-state index in [0.29, 0.717) is 19.4 Å². The van der Waals surface area contributed by atoms with Crippen LogP contribution in [0.4, 0.5) is 0 Å². The van der Waals surface area contributed by atoms with Crippen molar-refractivity contribution in [3.63, 3.8) is 0 Å². The van der Waals surface area contributed by atoms with E-state index in [0.717, 1.165) is 16.7 Å². The Morgan fingerprint density at radius 3 is 2.30 bits per heavy atom. The van der Waals surface area contributed by atoms with Crippen LogP contribution in [-0.2, 0) is 22.4 Å². The van der Waals surface area contributed by atoms with Crippen LogP contribution < -0.4 is 0 Å². The van der Waals surface area contributed by atoms with Crippen molar-refractivity contribution in [2.75, 3.05) is 6.54 Å². The number of benzene rings is 2. The van der Waals surface area contributed by atoms with Gasteiger partial charge in [0.2, 0.25) is 5.91 Å². The Hall–Kier alpha value is -2.62. The molecular weight excluding hydrogens is 290 g/mol. The molecule has 2 atom stereocenters. The summed E-state index contributed by atoms with van der Waals surface area (Å²) in [6.07, 6.45) is 1.42. The average Bonchev–Trinajstić information content (AvgIpc) is 2.54. The summed E-state index contributed by atoms with van der Waals surface area (Å²) in [5.74, 6) is -1.22. The predicted octanol–water partition coefficient (Wildman–Crippen LogP) is 2.54. The summed E-state index contributed by atoms with van der Waals surface area (Å²) in [5.41, 5.74) is 4.00. The van der Waals surface area contributed by atoms with Crippen LogP contribution in [0.5, 0.6) is 0 Å². The molecule has 2 aromatic carbocycles. The van der Waals surface area contributed by atoms with Gasteiger partial charge in [0, 0.05) is 6.54 Å². The summed E-state index contributed by atoms with van der Waals surface area (Å²) < 4.78 is 0. The molecule has 1 aliphatic heterocycles. The molecule has 2 unspecified atom stereocenters. The lowest BCUT2D eigenvalue weighted by atomic mass is 9.76. The van der Waals surface area contributed by atoms with Gasteiger partial charge < -0.3 is 10.0 Å². The minimum Gasteiger partial charge on any atom is -0.479 e. The van der Waals surface area contributed by atoms with E-state index in [1.807, 2.05) is 48.5 Å². The van der Waals surface area contributed by atoms with Crippen molar-refractivity contribution < 1.29 is 14.7 Å². The van der Waals surface area contributed by atoms with Crippen LogP contribution in [0.15, 0.2) is 48.5 Å². The summed E-state index contributed by atoms with van der Waals surface area (Å²) in [4.78, 5) is 26.3. The third kappa shape index (κ3) is 2.13. The Bertz CT molecular complexity index is 799. The van der Waals surface area contributed by atoms with Crippen LogP contribution in [0.25, 0.3) is 0 Å². The van der Waals surface area contributed by atoms with Gasteiger partial charge >= 0.3 is 5.97 Å². The highest BCUT2D eigenvalue weighted by molar-refractivity contribution is 5.91. The molecule has 0 aromatic heterocycles. The Balaban J connectivity index is 1.67. The number of carbonyl (C=O) groups excluding carboxylic acids is 1. The molecule has 0 saturated heterocycles. The average molecular weight is 307 g/mol. The number of hydrogen-bond acceptors (Lipinski definition) is 2. The number of fused-ring (bicyclic) bond motifs is 2. The molecule has 0 bridgehead atoms. The molecule has 0 saturated carbocycles. The standard InChI is InChI=1S/C19H17NO3/c21-18(16-11-13-6-2-3-7-14(13)16)20-10-9-12-5-1-4-8-15(12)17(20)19(22)23/h1-8,16-17H,9-11H2,(H,22,23). The second-order valence-electron chi connectivity index (χ2n) is 6.18. The zero-order chi connectivity index (χ0) is 16.0. The van der Waals surface area contributed by atoms with E-state index in [9.17, 15) is 14.7 Å². The first kappa shape index (κ1) is 14.0. The maximum absolute atomic E-state index is 12.9. The Kier molecular flexibility index (Phi) is 3.18. The van der Waals surface area contributed by atoms with Gasteiger partial charge in [0.1, 0.15) is 0 Å². The predicted molar refractivity (Wildman–Crippen MR) is 85.1 cm³/mol. The number of aliphatic carboxylic acids is 1. The number of carboxylic acids is 1. The number of carbonyl (C=O) groups is 2. The molecule has 116 valence electrons. The van der Waals surface area contributed by atoms with Crippen LogP contribution >= 0.6 is 0 Å². The van der Waals surface area contributed by atoms with Gasteiger partial charge in [0.15, 0.2) is 6.04 Å². The van der Waals surface area contributed by atoms with Crippen molar-refractivity contribution in [1.82, 2.24) is 4.90 Å². The van der Waals surface area contributed by atoms with Crippen molar-refractivity contribution in [3.8, 4) is 0 Å². The van der Waals surface area contributed by atoms with Gasteiger partial charge in [-0.2, -0.15) is 0 Å². The lowest BCUT2D eigenvalue weighted by Crippen LogP contribution is -2.47. The minimum absolute atomic E-state index is 0.0643. The van der Waals surface area contributed by atoms with Gasteiger partial charge in [0.05, 0.1) is 5.92 Å². The van der Waals surface area contributed by atoms with Crippen molar-refractivity contribution >= 4 is 11.9 Å². The molecule has 0 radical (unpaired) electrons. The smallest absolute Gasteiger partial charge is 0.331 e. The lowest BCUT2D eigenvalue weighted by Gasteiger charge is -2.39. The van der Waals surface area contributed by atoms with Crippen LogP contribution in [0.2, 0.25) is 0 Å². The molecule has 4 heteroatoms. The number of rotatable bonds is 2. The third-order valence-corrected chi connectivity index (χ3v) is 4.95. The SMILES string of the molecule is O=C(O)C1c2ccccc2CCN1C(=O)C1Cc2ccccc21. The summed E-state index contributed by atoms with van der Waals surface area (Å²) >= 11 is 0. The zero-order valence-electron chi connectivity index (χ0n) is 12.6. The monoisotopic (exact) mass is 307 g/mol. The van der Waals surface area contributed by atoms with E-state index in [1.54, 1.807) is 4.90 Å². The molecule has 0 spiro atoms. The summed E-state index contributed by atoms with van der Waals surface area (Å²) in [7, 11) is 0. The maximum Gasteiger partial charge on any atom is 0.331 e. The number of nitrogens with zero attached hydrogens (tertiary/aromatic N) is 1. The molecule has 0 fully saturated rings. The van der Waals surface area contributed by atoms with Gasteiger partial charge in [-0.1, -0.05) is 48.5 Å². The summed E-state index contributed by atoms with van der Waals surface area (Å²) in [5, 5.41) is 9.68. The molecule has 2 aromatic rings. The largest absolute Gasteiger partial charge is 0.479 e. The highest BCUT2D eigenvalue weighted by Gasteiger charge is 2.41. The van der Waals surface area contributed by atoms with Crippen LogP contribution in [0, 0.1) is 0 Å². The molecule has 1 N–H and O–H groups in total. The van der Waals surface area contributed by atoms with E-state index < -0.39 is 12.0 Å². The first-order valence-corrected chi connectivity index (χ1v) is 7.85. The molecule has 23 heavy (non-hydrogen) atoms. The molecule has 1 heterocycles. The number of amides is 1. The summed E-state index contributed by atoms with van der Waals surface area (Å²) in [6.45, 7) is 0.464. The van der Waals surface area contributed by atoms with Crippen molar-refractivity contribution in [2.24, 2.45) is 0 Å². The first-order chi connectivity index (χ1) is 11.2. The fourth-order valence-electron chi connectivity index (χ4n) is 3.75. The van der Waals surface area contributed by atoms with Crippen LogP contribution in [-0.4, -0.2) is 28.4 Å². The Morgan fingerprint density at radius 1 is 0.957 bits per heavy atom. The quantitative estimate of drug-likeness (QED) is 0.927. The molecule has 4 rings (SSSR count). The Labute approximate surface area is 134 Å². The Morgan fingerprint density at radius 2 is 1.61 bits per heavy atom. The molecule has 1 aliphatic carbocycles. The normalized spacial score (nSPS) is 21.8. The van der Waals surface area contributed by atoms with Crippen molar-refractivity contribution in [1.29, 1.82) is 0 Å². The van der Waals surface area contributed by atoms with Gasteiger partial charge in [-0.15, -0.1) is 0 Å². The van der Waals surface area contributed by atoms with E-state index >= 15 is 0 Å². The van der Waals surface area contributed by atoms with Crippen LogP contribution in [0.3, 0.4) is 0 Å². The third-order valence-electron chi connectivity index (χ3n) is 4.95. The fraction of sp³-hybridized carbons (Fsp3) is 0.263. The summed E-state index contributed by atoms with van der Waals surface area (Å²) in [6, 6.07) is 14.5. The number of carboxylic acid groups (broad SMARTS) is 1. The second kappa shape index (κ2) is 5.23. The maximum atomic E-state index is 12.9. The minimum atomic E-state index is -0.960. The van der Waals surface area contributed by atoms with Gasteiger partial charge in [-0.05, 0) is 35.1 Å². The molecule has 2 aliphatic rings. The zero-order valence-corrected chi connectivity index (χ0v) is 12.6. The molecular formula is C19H17NO3. The highest BCUT2D eigenvalue weighted by atomic mass is 16.4. The highest BCUT2D eigenvalue weighted by Crippen LogP contribution is 2.39. The topological polar surface area (TPSA) is 57.6 Å². The van der Waals surface area contributed by atoms with Crippen molar-refractivity contribution in [3.05, 3.63) is 70.8 Å². The molecule has 1 amide bonds. The first-order valence-electron chi connectivity index (χ1n) is 7.85.